The summed E-state index contributed by atoms with van der Waals surface area (Å²) in [6.45, 7) is 6.80. The van der Waals surface area contributed by atoms with Crippen LogP contribution in [0, 0.1) is 19.8 Å². The SMILES string of the molecule is Cc1n[nH]c(C)c1S(=O)(=O)N1CCC[C@@H](C(=O)N2CCN(c3ccc(Cl)cc3)CC2)C1. The Bertz CT molecular complexity index is 1030. The summed E-state index contributed by atoms with van der Waals surface area (Å²) in [7, 11) is -3.68. The number of hydrogen-bond acceptors (Lipinski definition) is 5. The zero-order valence-electron chi connectivity index (χ0n) is 17.8. The van der Waals surface area contributed by atoms with Crippen molar-refractivity contribution in [3.63, 3.8) is 0 Å². The number of piperazine rings is 1. The first-order chi connectivity index (χ1) is 14.8. The van der Waals surface area contributed by atoms with Gasteiger partial charge in [-0.2, -0.15) is 9.40 Å². The van der Waals surface area contributed by atoms with E-state index >= 15 is 0 Å². The molecule has 1 amide bonds. The van der Waals surface area contributed by atoms with Crippen LogP contribution in [0.25, 0.3) is 0 Å². The Morgan fingerprint density at radius 2 is 1.77 bits per heavy atom. The van der Waals surface area contributed by atoms with Gasteiger partial charge in [-0.05, 0) is 51.0 Å². The van der Waals surface area contributed by atoms with Gasteiger partial charge in [0.1, 0.15) is 4.90 Å². The monoisotopic (exact) mass is 465 g/mol. The second-order valence-electron chi connectivity index (χ2n) is 8.25. The summed E-state index contributed by atoms with van der Waals surface area (Å²) in [5, 5.41) is 7.47. The number of carbonyl (C=O) groups excluding carboxylic acids is 1. The third-order valence-electron chi connectivity index (χ3n) is 6.17. The summed E-state index contributed by atoms with van der Waals surface area (Å²) in [4.78, 5) is 17.5. The summed E-state index contributed by atoms with van der Waals surface area (Å²) in [6, 6.07) is 7.72. The number of halogens is 1. The van der Waals surface area contributed by atoms with Crippen molar-refractivity contribution in [1.82, 2.24) is 19.4 Å². The molecule has 3 heterocycles. The molecule has 0 radical (unpaired) electrons. The van der Waals surface area contributed by atoms with E-state index in [2.05, 4.69) is 15.1 Å². The molecule has 4 rings (SSSR count). The van der Waals surface area contributed by atoms with Gasteiger partial charge < -0.3 is 9.80 Å². The second kappa shape index (κ2) is 8.80. The van der Waals surface area contributed by atoms with Gasteiger partial charge >= 0.3 is 0 Å². The molecular formula is C21H28ClN5O3S. The number of benzene rings is 1. The number of carbonyl (C=O) groups is 1. The molecule has 0 aliphatic carbocycles. The summed E-state index contributed by atoms with van der Waals surface area (Å²) >= 11 is 5.97. The zero-order valence-corrected chi connectivity index (χ0v) is 19.4. The molecule has 31 heavy (non-hydrogen) atoms. The lowest BCUT2D eigenvalue weighted by atomic mass is 9.97. The summed E-state index contributed by atoms with van der Waals surface area (Å²) in [6.07, 6.45) is 1.39. The topological polar surface area (TPSA) is 89.6 Å². The van der Waals surface area contributed by atoms with E-state index in [0.717, 1.165) is 18.8 Å². The summed E-state index contributed by atoms with van der Waals surface area (Å²) in [5.41, 5.74) is 2.09. The van der Waals surface area contributed by atoms with E-state index in [0.29, 0.717) is 48.9 Å². The molecule has 1 aromatic carbocycles. The Labute approximate surface area is 188 Å². The second-order valence-corrected chi connectivity index (χ2v) is 10.6. The number of H-pyrrole nitrogens is 1. The highest BCUT2D eigenvalue weighted by Gasteiger charge is 2.37. The van der Waals surface area contributed by atoms with Crippen LogP contribution >= 0.6 is 11.6 Å². The van der Waals surface area contributed by atoms with Crippen molar-refractivity contribution >= 4 is 33.2 Å². The predicted molar refractivity (Wildman–Crippen MR) is 120 cm³/mol. The Balaban J connectivity index is 1.40. The molecule has 0 bridgehead atoms. The van der Waals surface area contributed by atoms with Gasteiger partial charge in [0.2, 0.25) is 15.9 Å². The maximum atomic E-state index is 13.2. The van der Waals surface area contributed by atoms with E-state index in [1.807, 2.05) is 29.2 Å². The van der Waals surface area contributed by atoms with Crippen LogP contribution in [0.2, 0.25) is 5.02 Å². The number of aromatic amines is 1. The number of amides is 1. The number of nitrogens with zero attached hydrogens (tertiary/aromatic N) is 4. The highest BCUT2D eigenvalue weighted by atomic mass is 35.5. The first-order valence-corrected chi connectivity index (χ1v) is 12.4. The Morgan fingerprint density at radius 3 is 2.39 bits per heavy atom. The van der Waals surface area contributed by atoms with E-state index in [1.54, 1.807) is 13.8 Å². The van der Waals surface area contributed by atoms with E-state index in [1.165, 1.54) is 4.31 Å². The minimum Gasteiger partial charge on any atom is -0.368 e. The lowest BCUT2D eigenvalue weighted by Gasteiger charge is -2.39. The van der Waals surface area contributed by atoms with Crippen LogP contribution in [0.15, 0.2) is 29.2 Å². The van der Waals surface area contributed by atoms with Gasteiger partial charge in [0.25, 0.3) is 0 Å². The van der Waals surface area contributed by atoms with Gasteiger partial charge in [0.15, 0.2) is 0 Å². The average molecular weight is 466 g/mol. The number of sulfonamides is 1. The van der Waals surface area contributed by atoms with E-state index in [-0.39, 0.29) is 23.3 Å². The molecule has 2 saturated heterocycles. The minimum atomic E-state index is -3.68. The third kappa shape index (κ3) is 4.44. The standard InChI is InChI=1S/C21H28ClN5O3S/c1-15-20(16(2)24-23-15)31(29,30)27-9-3-4-17(14-27)21(28)26-12-10-25(11-13-26)19-7-5-18(22)6-8-19/h5-8,17H,3-4,9-14H2,1-2H3,(H,23,24)/t17-/m1/s1. The fraction of sp³-hybridized carbons (Fsp3) is 0.524. The van der Waals surface area contributed by atoms with Crippen LogP contribution in [0.4, 0.5) is 5.69 Å². The van der Waals surface area contributed by atoms with Crippen LogP contribution in [-0.4, -0.2) is 73.0 Å². The van der Waals surface area contributed by atoms with Crippen molar-refractivity contribution in [2.75, 3.05) is 44.2 Å². The van der Waals surface area contributed by atoms with Crippen molar-refractivity contribution in [1.29, 1.82) is 0 Å². The molecule has 2 aliphatic rings. The number of aromatic nitrogens is 2. The number of hydrogen-bond donors (Lipinski definition) is 1. The lowest BCUT2D eigenvalue weighted by Crippen LogP contribution is -2.53. The maximum Gasteiger partial charge on any atom is 0.246 e. The molecule has 0 spiro atoms. The van der Waals surface area contributed by atoms with Crippen LogP contribution in [-0.2, 0) is 14.8 Å². The van der Waals surface area contributed by atoms with Crippen molar-refractivity contribution in [2.24, 2.45) is 5.92 Å². The smallest absolute Gasteiger partial charge is 0.246 e. The van der Waals surface area contributed by atoms with Crippen LogP contribution < -0.4 is 4.90 Å². The molecule has 1 atom stereocenters. The molecule has 1 aromatic heterocycles. The number of rotatable bonds is 4. The van der Waals surface area contributed by atoms with Crippen molar-refractivity contribution in [2.45, 2.75) is 31.6 Å². The number of nitrogens with one attached hydrogen (secondary N) is 1. The van der Waals surface area contributed by atoms with Crippen LogP contribution in [0.3, 0.4) is 0 Å². The summed E-state index contributed by atoms with van der Waals surface area (Å²) < 4.78 is 27.8. The van der Waals surface area contributed by atoms with Crippen molar-refractivity contribution in [3.8, 4) is 0 Å². The van der Waals surface area contributed by atoms with Crippen molar-refractivity contribution < 1.29 is 13.2 Å². The molecular weight excluding hydrogens is 438 g/mol. The van der Waals surface area contributed by atoms with Crippen molar-refractivity contribution in [3.05, 3.63) is 40.7 Å². The average Bonchev–Trinajstić information content (AvgIpc) is 3.12. The van der Waals surface area contributed by atoms with Crippen LogP contribution in [0.1, 0.15) is 24.2 Å². The quantitative estimate of drug-likeness (QED) is 0.749. The van der Waals surface area contributed by atoms with Crippen LogP contribution in [0.5, 0.6) is 0 Å². The molecule has 10 heteroatoms. The lowest BCUT2D eigenvalue weighted by molar-refractivity contribution is -0.137. The van der Waals surface area contributed by atoms with Gasteiger partial charge in [-0.3, -0.25) is 9.89 Å². The number of aryl methyl sites for hydroxylation is 2. The highest BCUT2D eigenvalue weighted by molar-refractivity contribution is 7.89. The van der Waals surface area contributed by atoms with Gasteiger partial charge in [-0.15, -0.1) is 0 Å². The zero-order chi connectivity index (χ0) is 22.2. The maximum absolute atomic E-state index is 13.2. The van der Waals surface area contributed by atoms with Gasteiger partial charge in [-0.1, -0.05) is 11.6 Å². The van der Waals surface area contributed by atoms with E-state index in [9.17, 15) is 13.2 Å². The third-order valence-corrected chi connectivity index (χ3v) is 8.56. The molecule has 168 valence electrons. The Morgan fingerprint density at radius 1 is 1.10 bits per heavy atom. The van der Waals surface area contributed by atoms with Gasteiger partial charge in [0, 0.05) is 50.0 Å². The molecule has 8 nitrogen and oxygen atoms in total. The summed E-state index contributed by atoms with van der Waals surface area (Å²) in [5.74, 6) is -0.255. The Kier molecular flexibility index (Phi) is 6.27. The van der Waals surface area contributed by atoms with Gasteiger partial charge in [0.05, 0.1) is 17.3 Å². The predicted octanol–water partition coefficient (Wildman–Crippen LogP) is 2.43. The molecule has 2 fully saturated rings. The largest absolute Gasteiger partial charge is 0.368 e. The minimum absolute atomic E-state index is 0.0521. The molecule has 1 N–H and O–H groups in total. The molecule has 2 aliphatic heterocycles. The molecule has 0 unspecified atom stereocenters. The normalized spacial score (nSPS) is 20.8. The van der Waals surface area contributed by atoms with Gasteiger partial charge in [-0.25, -0.2) is 8.42 Å². The Hall–Kier alpha value is -2.10. The number of piperidine rings is 1. The van der Waals surface area contributed by atoms with E-state index in [4.69, 9.17) is 11.6 Å². The number of anilines is 1. The fourth-order valence-electron chi connectivity index (χ4n) is 4.51. The first kappa shape index (κ1) is 22.1. The first-order valence-electron chi connectivity index (χ1n) is 10.6. The fourth-order valence-corrected chi connectivity index (χ4v) is 6.49. The molecule has 0 saturated carbocycles. The molecule has 2 aromatic rings. The highest BCUT2D eigenvalue weighted by Crippen LogP contribution is 2.28. The van der Waals surface area contributed by atoms with E-state index < -0.39 is 10.0 Å².